The second kappa shape index (κ2) is 21.5. The van der Waals surface area contributed by atoms with Crippen LogP contribution in [0.1, 0.15) is 74.1 Å². The van der Waals surface area contributed by atoms with E-state index in [1.165, 1.54) is 0 Å². The average molecular weight is 943 g/mol. The van der Waals surface area contributed by atoms with Gasteiger partial charge in [0.1, 0.15) is 18.8 Å². The number of nitrogens with zero attached hydrogens (tertiary/aromatic N) is 7. The third-order valence-corrected chi connectivity index (χ3v) is 13.9. The molecule has 3 aliphatic heterocycles. The number of aromatic nitrogens is 4. The van der Waals surface area contributed by atoms with Crippen LogP contribution in [0.3, 0.4) is 0 Å². The van der Waals surface area contributed by atoms with E-state index in [2.05, 4.69) is 50.8 Å². The zero-order chi connectivity index (χ0) is 47.9. The Bertz CT molecular complexity index is 2510. The van der Waals surface area contributed by atoms with Gasteiger partial charge in [-0.1, -0.05) is 97.9 Å². The largest absolute Gasteiger partial charge is 0.445 e. The van der Waals surface area contributed by atoms with Crippen LogP contribution in [0.15, 0.2) is 97.3 Å². The van der Waals surface area contributed by atoms with E-state index in [4.69, 9.17) is 19.7 Å². The number of carbonyl (C=O) groups is 4. The number of carbonyl (C=O) groups excluding carboxylic acids is 4. The molecule has 2 aromatic heterocycles. The zero-order valence-electron chi connectivity index (χ0n) is 38.8. The van der Waals surface area contributed by atoms with Crippen molar-refractivity contribution in [1.29, 1.82) is 0 Å². The number of ether oxygens (including phenoxy) is 1. The highest BCUT2D eigenvalue weighted by Gasteiger charge is 2.44. The SMILES string of the molecule is CCC(=O)N[C@H]1C[C@@H](n2cnc3c(NCC(c4ccccc4)c4ccccc4)nc(N4CC[C@@H](NC(=O)N[C@@H]5CCN(C(=O)NC6CCN(C(=O)OCc7ccccc7)CC6)C5)C4)nc32)[C@H](O)[C@@H]1O. The summed E-state index contributed by atoms with van der Waals surface area (Å²) in [5.41, 5.74) is 4.14. The quantitative estimate of drug-likeness (QED) is 0.0835. The van der Waals surface area contributed by atoms with Gasteiger partial charge in [-0.2, -0.15) is 9.97 Å². The highest BCUT2D eigenvalue weighted by molar-refractivity contribution is 5.85. The lowest BCUT2D eigenvalue weighted by atomic mass is 9.91. The van der Waals surface area contributed by atoms with Gasteiger partial charge in [0.2, 0.25) is 11.9 Å². The summed E-state index contributed by atoms with van der Waals surface area (Å²) in [6.45, 7) is 5.30. The maximum Gasteiger partial charge on any atom is 0.410 e. The fourth-order valence-electron chi connectivity index (χ4n) is 9.96. The Balaban J connectivity index is 0.819. The van der Waals surface area contributed by atoms with Gasteiger partial charge in [-0.25, -0.2) is 19.4 Å². The molecule has 6 amide bonds. The van der Waals surface area contributed by atoms with Crippen LogP contribution in [0.5, 0.6) is 0 Å². The summed E-state index contributed by atoms with van der Waals surface area (Å²) in [4.78, 5) is 71.9. The van der Waals surface area contributed by atoms with E-state index in [1.54, 1.807) is 27.6 Å². The van der Waals surface area contributed by atoms with Crippen LogP contribution in [0.4, 0.5) is 26.1 Å². The van der Waals surface area contributed by atoms with Gasteiger partial charge in [0.15, 0.2) is 17.0 Å². The van der Waals surface area contributed by atoms with Crippen molar-refractivity contribution < 1.29 is 34.1 Å². The van der Waals surface area contributed by atoms with Crippen LogP contribution in [-0.2, 0) is 16.1 Å². The molecule has 1 aliphatic carbocycles. The molecule has 3 aromatic carbocycles. The summed E-state index contributed by atoms with van der Waals surface area (Å²) in [5, 5.41) is 38.1. The molecule has 4 fully saturated rings. The summed E-state index contributed by atoms with van der Waals surface area (Å²) in [5.74, 6) is 0.686. The van der Waals surface area contributed by atoms with Gasteiger partial charge in [0.25, 0.3) is 0 Å². The number of likely N-dealkylation sites (tertiary alicyclic amines) is 2. The summed E-state index contributed by atoms with van der Waals surface area (Å²) in [7, 11) is 0. The molecule has 5 heterocycles. The van der Waals surface area contributed by atoms with Crippen molar-refractivity contribution in [1.82, 2.24) is 50.6 Å². The van der Waals surface area contributed by atoms with E-state index in [1.807, 2.05) is 71.6 Å². The molecule has 9 rings (SSSR count). The fourth-order valence-corrected chi connectivity index (χ4v) is 9.96. The van der Waals surface area contributed by atoms with E-state index < -0.39 is 24.3 Å². The molecule has 0 unspecified atom stereocenters. The second-order valence-corrected chi connectivity index (χ2v) is 18.5. The number of anilines is 2. The van der Waals surface area contributed by atoms with E-state index in [-0.39, 0.29) is 67.6 Å². The Morgan fingerprint density at radius 1 is 0.725 bits per heavy atom. The molecular formula is C50H62N12O7. The lowest BCUT2D eigenvalue weighted by Crippen LogP contribution is -2.51. The number of fused-ring (bicyclic) bond motifs is 1. The Morgan fingerprint density at radius 3 is 2.03 bits per heavy atom. The first-order chi connectivity index (χ1) is 33.6. The van der Waals surface area contributed by atoms with Crippen molar-refractivity contribution in [2.45, 2.75) is 100 Å². The number of piperidine rings is 1. The van der Waals surface area contributed by atoms with Gasteiger partial charge >= 0.3 is 18.2 Å². The maximum atomic E-state index is 13.4. The number of hydrogen-bond acceptors (Lipinski definition) is 12. The van der Waals surface area contributed by atoms with Crippen molar-refractivity contribution in [2.24, 2.45) is 0 Å². The first-order valence-electron chi connectivity index (χ1n) is 24.2. The van der Waals surface area contributed by atoms with Crippen molar-refractivity contribution >= 4 is 47.0 Å². The third kappa shape index (κ3) is 11.2. The number of nitrogens with one attached hydrogen (secondary N) is 5. The smallest absolute Gasteiger partial charge is 0.410 e. The Morgan fingerprint density at radius 2 is 1.35 bits per heavy atom. The number of rotatable bonds is 14. The Labute approximate surface area is 401 Å². The van der Waals surface area contributed by atoms with Crippen molar-refractivity contribution in [3.05, 3.63) is 114 Å². The molecule has 7 N–H and O–H groups in total. The lowest BCUT2D eigenvalue weighted by Gasteiger charge is -2.32. The molecule has 19 nitrogen and oxygen atoms in total. The van der Waals surface area contributed by atoms with Crippen LogP contribution >= 0.6 is 0 Å². The highest BCUT2D eigenvalue weighted by Crippen LogP contribution is 2.36. The Kier molecular flexibility index (Phi) is 14.7. The van der Waals surface area contributed by atoms with Gasteiger partial charge in [0, 0.05) is 76.3 Å². The molecule has 19 heteroatoms. The molecule has 0 spiro atoms. The topological polar surface area (TPSA) is 231 Å². The standard InChI is InChI=1S/C50H62N12O7/c1-2-41(63)56-39-26-40(44(65)43(39)64)62-31-52-42-45(51-27-38(33-14-8-4-9-15-33)34-16-10-5-11-17-34)57-47(58-46(42)62)60-24-20-36(28-60)53-48(66)54-37-21-25-61(29-37)49(67)55-35-18-22-59(23-19-35)50(68)69-30-32-12-6-3-7-13-32/h3-17,31,35-40,43-44,64-65H,2,18-30H2,1H3,(H,55,67)(H,56,63)(H,51,57,58)(H2,53,54,66)/t36-,37-,39+,40-,43-,44+/m1/s1. The number of hydrogen-bond donors (Lipinski definition) is 7. The lowest BCUT2D eigenvalue weighted by molar-refractivity contribution is -0.122. The van der Waals surface area contributed by atoms with E-state index in [9.17, 15) is 29.4 Å². The third-order valence-electron chi connectivity index (χ3n) is 13.9. The molecule has 5 aromatic rings. The number of aliphatic hydroxyl groups excluding tert-OH is 2. The van der Waals surface area contributed by atoms with Crippen molar-refractivity contribution in [3.8, 4) is 0 Å². The number of aliphatic hydroxyl groups is 2. The Hall–Kier alpha value is -6.99. The number of urea groups is 2. The number of amides is 6. The number of imidazole rings is 1. The molecule has 1 saturated carbocycles. The van der Waals surface area contributed by atoms with Gasteiger partial charge in [-0.15, -0.1) is 0 Å². The minimum Gasteiger partial charge on any atom is -0.445 e. The van der Waals surface area contributed by atoms with E-state index in [0.29, 0.717) is 94.4 Å². The van der Waals surface area contributed by atoms with Crippen molar-refractivity contribution in [2.75, 3.05) is 56.0 Å². The van der Waals surface area contributed by atoms with Crippen LogP contribution in [0, 0.1) is 0 Å². The minimum absolute atomic E-state index is 0.0223. The van der Waals surface area contributed by atoms with Gasteiger partial charge in [-0.05, 0) is 48.8 Å². The molecule has 0 radical (unpaired) electrons. The fraction of sp³-hybridized carbons (Fsp3) is 0.460. The molecule has 69 heavy (non-hydrogen) atoms. The highest BCUT2D eigenvalue weighted by atomic mass is 16.6. The monoisotopic (exact) mass is 942 g/mol. The van der Waals surface area contributed by atoms with Crippen LogP contribution in [0.2, 0.25) is 0 Å². The predicted octanol–water partition coefficient (Wildman–Crippen LogP) is 4.09. The summed E-state index contributed by atoms with van der Waals surface area (Å²) in [6.07, 6.45) is 1.91. The first kappa shape index (κ1) is 47.1. The first-order valence-corrected chi connectivity index (χ1v) is 24.2. The van der Waals surface area contributed by atoms with Crippen LogP contribution in [-0.4, -0.2) is 146 Å². The molecule has 3 saturated heterocycles. The van der Waals surface area contributed by atoms with E-state index in [0.717, 1.165) is 16.7 Å². The normalized spacial score (nSPS) is 22.8. The summed E-state index contributed by atoms with van der Waals surface area (Å²) in [6, 6.07) is 27.8. The summed E-state index contributed by atoms with van der Waals surface area (Å²) < 4.78 is 7.25. The van der Waals surface area contributed by atoms with Gasteiger partial charge in [-0.3, -0.25) is 4.79 Å². The number of benzene rings is 3. The average Bonchev–Trinajstić information content (AvgIpc) is 4.20. The molecule has 4 aliphatic rings. The van der Waals surface area contributed by atoms with Crippen LogP contribution in [0.25, 0.3) is 11.2 Å². The van der Waals surface area contributed by atoms with Gasteiger partial charge < -0.3 is 60.8 Å². The van der Waals surface area contributed by atoms with Crippen molar-refractivity contribution in [3.63, 3.8) is 0 Å². The molecule has 364 valence electrons. The summed E-state index contributed by atoms with van der Waals surface area (Å²) >= 11 is 0. The zero-order valence-corrected chi connectivity index (χ0v) is 38.8. The predicted molar refractivity (Wildman–Crippen MR) is 258 cm³/mol. The second-order valence-electron chi connectivity index (χ2n) is 18.5. The molecular weight excluding hydrogens is 881 g/mol. The maximum absolute atomic E-state index is 13.4. The minimum atomic E-state index is -1.19. The van der Waals surface area contributed by atoms with Gasteiger partial charge in [0.05, 0.1) is 18.4 Å². The molecule has 0 bridgehead atoms. The van der Waals surface area contributed by atoms with Crippen LogP contribution < -0.4 is 31.5 Å². The van der Waals surface area contributed by atoms with E-state index >= 15 is 0 Å². The molecule has 6 atom stereocenters.